The van der Waals surface area contributed by atoms with Crippen molar-refractivity contribution in [3.8, 4) is 0 Å². The van der Waals surface area contributed by atoms with E-state index in [1.54, 1.807) is 12.5 Å². The molecule has 5 heterocycles. The summed E-state index contributed by atoms with van der Waals surface area (Å²) in [7, 11) is 0. The Morgan fingerprint density at radius 3 is 2.66 bits per heavy atom. The van der Waals surface area contributed by atoms with Gasteiger partial charge in [0.25, 0.3) is 0 Å². The Morgan fingerprint density at radius 1 is 1.00 bits per heavy atom. The van der Waals surface area contributed by atoms with Gasteiger partial charge in [-0.2, -0.15) is 0 Å². The summed E-state index contributed by atoms with van der Waals surface area (Å²) in [5.74, 6) is 1.43. The van der Waals surface area contributed by atoms with Crippen LogP contribution in [0.4, 0.5) is 5.82 Å². The first kappa shape index (κ1) is 21.1. The standard InChI is InChI=1S/C22H32N8O2/c1-17-13-30(20-21-25-24-16-29(21)10-5-23-20)14-18(17)22(32)28-9-4-6-26(11-12-28)15-19(31)27-7-2-3-8-27/h5,10,16-18H,2-4,6-9,11-15H2,1H3/t17-,18+/m1/s1. The SMILES string of the molecule is C[C@@H]1CN(c2nccn3cnnc23)C[C@@H]1C(=O)N1CCCN(CC(=O)N2CCCC2)CC1. The molecule has 0 unspecified atom stereocenters. The van der Waals surface area contributed by atoms with E-state index in [9.17, 15) is 9.59 Å². The quantitative estimate of drug-likeness (QED) is 0.678. The third-order valence-electron chi connectivity index (χ3n) is 7.14. The first-order chi connectivity index (χ1) is 15.6. The second kappa shape index (κ2) is 9.01. The molecule has 3 aliphatic rings. The number of carbonyl (C=O) groups is 2. The lowest BCUT2D eigenvalue weighted by Crippen LogP contribution is -2.43. The number of amides is 2. The van der Waals surface area contributed by atoms with E-state index in [1.165, 1.54) is 0 Å². The number of likely N-dealkylation sites (tertiary alicyclic amines) is 1. The molecule has 0 aromatic carbocycles. The predicted octanol–water partition coefficient (Wildman–Crippen LogP) is 0.353. The number of aromatic nitrogens is 4. The summed E-state index contributed by atoms with van der Waals surface area (Å²) in [4.78, 5) is 38.9. The molecule has 2 aromatic heterocycles. The van der Waals surface area contributed by atoms with Gasteiger partial charge in [0.15, 0.2) is 5.82 Å². The second-order valence-electron chi connectivity index (χ2n) is 9.34. The highest BCUT2D eigenvalue weighted by Gasteiger charge is 2.38. The number of anilines is 1. The van der Waals surface area contributed by atoms with Crippen LogP contribution in [-0.2, 0) is 9.59 Å². The molecule has 3 saturated heterocycles. The van der Waals surface area contributed by atoms with Gasteiger partial charge in [-0.3, -0.25) is 18.9 Å². The number of carbonyl (C=O) groups excluding carboxylic acids is 2. The van der Waals surface area contributed by atoms with Crippen LogP contribution < -0.4 is 4.90 Å². The lowest BCUT2D eigenvalue weighted by atomic mass is 9.96. The first-order valence-electron chi connectivity index (χ1n) is 11.8. The number of rotatable bonds is 4. The summed E-state index contributed by atoms with van der Waals surface area (Å²) in [6.07, 6.45) is 8.39. The maximum absolute atomic E-state index is 13.4. The average Bonchev–Trinajstić information content (AvgIpc) is 3.53. The van der Waals surface area contributed by atoms with Gasteiger partial charge < -0.3 is 14.7 Å². The summed E-state index contributed by atoms with van der Waals surface area (Å²) in [6.45, 7) is 8.91. The third-order valence-corrected chi connectivity index (χ3v) is 7.14. The van der Waals surface area contributed by atoms with Crippen LogP contribution >= 0.6 is 0 Å². The topological polar surface area (TPSA) is 90.2 Å². The number of hydrogen-bond acceptors (Lipinski definition) is 7. The maximum Gasteiger partial charge on any atom is 0.236 e. The minimum absolute atomic E-state index is 0.0576. The van der Waals surface area contributed by atoms with Crippen LogP contribution in [0.5, 0.6) is 0 Å². The van der Waals surface area contributed by atoms with Gasteiger partial charge in [-0.25, -0.2) is 4.98 Å². The molecule has 3 aliphatic heterocycles. The average molecular weight is 441 g/mol. The molecule has 10 nitrogen and oxygen atoms in total. The third kappa shape index (κ3) is 4.15. The van der Waals surface area contributed by atoms with Gasteiger partial charge >= 0.3 is 0 Å². The lowest BCUT2D eigenvalue weighted by molar-refractivity contribution is -0.135. The molecule has 5 rings (SSSR count). The number of nitrogens with zero attached hydrogens (tertiary/aromatic N) is 8. The highest BCUT2D eigenvalue weighted by molar-refractivity contribution is 5.81. The molecule has 0 saturated carbocycles. The second-order valence-corrected chi connectivity index (χ2v) is 9.34. The molecule has 2 aromatic rings. The Morgan fingerprint density at radius 2 is 1.81 bits per heavy atom. The van der Waals surface area contributed by atoms with E-state index >= 15 is 0 Å². The summed E-state index contributed by atoms with van der Waals surface area (Å²) in [6, 6.07) is 0. The van der Waals surface area contributed by atoms with Crippen molar-refractivity contribution in [1.29, 1.82) is 0 Å². The molecule has 0 aliphatic carbocycles. The van der Waals surface area contributed by atoms with Crippen LogP contribution in [0.2, 0.25) is 0 Å². The van der Waals surface area contributed by atoms with Gasteiger partial charge in [-0.05, 0) is 25.2 Å². The van der Waals surface area contributed by atoms with E-state index in [1.807, 2.05) is 20.4 Å². The molecule has 32 heavy (non-hydrogen) atoms. The van der Waals surface area contributed by atoms with Gasteiger partial charge in [0.2, 0.25) is 17.5 Å². The Labute approximate surface area is 188 Å². The van der Waals surface area contributed by atoms with Gasteiger partial charge in [0, 0.05) is 64.8 Å². The van der Waals surface area contributed by atoms with Crippen LogP contribution in [0.3, 0.4) is 0 Å². The fourth-order valence-corrected chi connectivity index (χ4v) is 5.27. The molecule has 0 radical (unpaired) electrons. The molecular formula is C22H32N8O2. The highest BCUT2D eigenvalue weighted by Crippen LogP contribution is 2.30. The molecule has 0 bridgehead atoms. The van der Waals surface area contributed by atoms with Crippen molar-refractivity contribution in [1.82, 2.24) is 34.3 Å². The van der Waals surface area contributed by atoms with Gasteiger partial charge in [0.1, 0.15) is 6.33 Å². The van der Waals surface area contributed by atoms with E-state index in [0.29, 0.717) is 19.6 Å². The normalized spacial score (nSPS) is 25.0. The molecule has 3 fully saturated rings. The molecule has 172 valence electrons. The monoisotopic (exact) mass is 440 g/mol. The molecular weight excluding hydrogens is 408 g/mol. The van der Waals surface area contributed by atoms with Crippen LogP contribution in [0.15, 0.2) is 18.7 Å². The van der Waals surface area contributed by atoms with E-state index in [4.69, 9.17) is 0 Å². The Balaban J connectivity index is 1.20. The summed E-state index contributed by atoms with van der Waals surface area (Å²) >= 11 is 0. The molecule has 2 atom stereocenters. The van der Waals surface area contributed by atoms with Crippen LogP contribution in [0.1, 0.15) is 26.2 Å². The van der Waals surface area contributed by atoms with Crippen molar-refractivity contribution in [2.24, 2.45) is 11.8 Å². The van der Waals surface area contributed by atoms with Crippen LogP contribution in [0.25, 0.3) is 5.65 Å². The van der Waals surface area contributed by atoms with Gasteiger partial charge in [0.05, 0.1) is 12.5 Å². The summed E-state index contributed by atoms with van der Waals surface area (Å²) in [5.41, 5.74) is 0.723. The summed E-state index contributed by atoms with van der Waals surface area (Å²) in [5, 5.41) is 8.18. The number of fused-ring (bicyclic) bond motifs is 1. The van der Waals surface area contributed by atoms with Crippen molar-refractivity contribution in [2.75, 3.05) is 63.8 Å². The van der Waals surface area contributed by atoms with Crippen molar-refractivity contribution in [3.05, 3.63) is 18.7 Å². The van der Waals surface area contributed by atoms with Crippen LogP contribution in [-0.4, -0.2) is 105 Å². The molecule has 10 heteroatoms. The maximum atomic E-state index is 13.4. The molecule has 2 amide bonds. The molecule has 0 spiro atoms. The van der Waals surface area contributed by atoms with Crippen molar-refractivity contribution in [3.63, 3.8) is 0 Å². The van der Waals surface area contributed by atoms with E-state index in [2.05, 4.69) is 31.9 Å². The first-order valence-corrected chi connectivity index (χ1v) is 11.8. The fraction of sp³-hybridized carbons (Fsp3) is 0.682. The largest absolute Gasteiger partial charge is 0.352 e. The van der Waals surface area contributed by atoms with E-state index in [0.717, 1.165) is 70.0 Å². The number of hydrogen-bond donors (Lipinski definition) is 0. The van der Waals surface area contributed by atoms with Gasteiger partial charge in [-0.1, -0.05) is 6.92 Å². The minimum atomic E-state index is -0.0576. The Bertz CT molecular complexity index is 972. The highest BCUT2D eigenvalue weighted by atomic mass is 16.2. The van der Waals surface area contributed by atoms with Crippen molar-refractivity contribution < 1.29 is 9.59 Å². The zero-order chi connectivity index (χ0) is 22.1. The Kier molecular flexibility index (Phi) is 5.95. The minimum Gasteiger partial charge on any atom is -0.352 e. The zero-order valence-electron chi connectivity index (χ0n) is 18.8. The smallest absolute Gasteiger partial charge is 0.236 e. The summed E-state index contributed by atoms with van der Waals surface area (Å²) < 4.78 is 1.86. The van der Waals surface area contributed by atoms with E-state index in [-0.39, 0.29) is 23.7 Å². The predicted molar refractivity (Wildman–Crippen MR) is 119 cm³/mol. The van der Waals surface area contributed by atoms with Crippen LogP contribution in [0, 0.1) is 11.8 Å². The van der Waals surface area contributed by atoms with Gasteiger partial charge in [-0.15, -0.1) is 10.2 Å². The fourth-order valence-electron chi connectivity index (χ4n) is 5.27. The zero-order valence-corrected chi connectivity index (χ0v) is 18.8. The molecule has 0 N–H and O–H groups in total. The van der Waals surface area contributed by atoms with Crippen molar-refractivity contribution >= 4 is 23.3 Å². The lowest BCUT2D eigenvalue weighted by Gasteiger charge is -2.26. The Hall–Kier alpha value is -2.75. The van der Waals surface area contributed by atoms with Crippen molar-refractivity contribution in [2.45, 2.75) is 26.2 Å². The van der Waals surface area contributed by atoms with E-state index < -0.39 is 0 Å².